The molecule has 3 aromatic rings. The van der Waals surface area contributed by atoms with Crippen molar-refractivity contribution < 1.29 is 34.5 Å². The fourth-order valence-corrected chi connectivity index (χ4v) is 4.68. The number of nitrogens with two attached hydrogens (primary N) is 1. The van der Waals surface area contributed by atoms with Gasteiger partial charge in [0.15, 0.2) is 0 Å². The molecule has 1 aromatic heterocycles. The van der Waals surface area contributed by atoms with E-state index < -0.39 is 54.5 Å². The van der Waals surface area contributed by atoms with Crippen LogP contribution in [0.25, 0.3) is 10.9 Å². The zero-order valence-corrected chi connectivity index (χ0v) is 23.3. The highest BCUT2D eigenvalue weighted by atomic mass is 32.2. The van der Waals surface area contributed by atoms with Gasteiger partial charge in [0, 0.05) is 29.9 Å². The number of phenols is 1. The van der Waals surface area contributed by atoms with Gasteiger partial charge in [-0.05, 0) is 47.8 Å². The van der Waals surface area contributed by atoms with E-state index in [2.05, 4.69) is 20.9 Å². The molecule has 0 fully saturated rings. The monoisotopic (exact) mass is 585 g/mol. The molecule has 4 unspecified atom stereocenters. The average molecular weight is 586 g/mol. The van der Waals surface area contributed by atoms with Gasteiger partial charge in [0.25, 0.3) is 0 Å². The van der Waals surface area contributed by atoms with E-state index in [9.17, 15) is 34.5 Å². The molecular weight excluding hydrogens is 550 g/mol. The lowest BCUT2D eigenvalue weighted by Gasteiger charge is -2.25. The molecule has 9 N–H and O–H groups in total. The standard InChI is InChI=1S/C28H35N5O7S/c1-41-11-10-20(29)25(36)31-22(12-16-6-8-18(35)9-7-16)26(37)32-23(27(38)33-24(15-34)28(39)40)13-17-14-30-21-5-3-2-4-19(17)21/h2-9,14,20,22-24,30,34-35H,10-13,15,29H2,1H3,(H,31,36)(H,32,37)(H,33,38)(H,39,40). The number of carboxylic acid groups (broad SMARTS) is 1. The number of amides is 3. The molecule has 2 aromatic carbocycles. The van der Waals surface area contributed by atoms with E-state index in [1.54, 1.807) is 18.3 Å². The SMILES string of the molecule is CSCCC(N)C(=O)NC(Cc1ccc(O)cc1)C(=O)NC(Cc1c[nH]c2ccccc12)C(=O)NC(CO)C(=O)O. The molecule has 0 spiro atoms. The van der Waals surface area contributed by atoms with Crippen LogP contribution >= 0.6 is 11.8 Å². The van der Waals surface area contributed by atoms with Gasteiger partial charge >= 0.3 is 5.97 Å². The van der Waals surface area contributed by atoms with Crippen LogP contribution in [0.1, 0.15) is 17.5 Å². The highest BCUT2D eigenvalue weighted by molar-refractivity contribution is 7.98. The number of aromatic hydroxyl groups is 1. The lowest BCUT2D eigenvalue weighted by molar-refractivity contribution is -0.143. The first-order valence-corrected chi connectivity index (χ1v) is 14.3. The second-order valence-electron chi connectivity index (χ2n) is 9.53. The van der Waals surface area contributed by atoms with Gasteiger partial charge in [-0.15, -0.1) is 0 Å². The minimum absolute atomic E-state index is 0.00747. The Balaban J connectivity index is 1.88. The molecule has 1 heterocycles. The molecule has 0 aliphatic rings. The van der Waals surface area contributed by atoms with E-state index in [1.165, 1.54) is 23.9 Å². The van der Waals surface area contributed by atoms with Crippen LogP contribution in [0.5, 0.6) is 5.75 Å². The Bertz CT molecular complexity index is 1350. The van der Waals surface area contributed by atoms with E-state index >= 15 is 0 Å². The normalized spacial score (nSPS) is 14.0. The number of thioether (sulfide) groups is 1. The minimum Gasteiger partial charge on any atom is -0.508 e. The predicted octanol–water partition coefficient (Wildman–Crippen LogP) is 0.270. The number of aliphatic hydroxyl groups is 1. The Hall–Kier alpha value is -4.07. The summed E-state index contributed by atoms with van der Waals surface area (Å²) in [7, 11) is 0. The number of carbonyl (C=O) groups is 4. The third-order valence-corrected chi connectivity index (χ3v) is 7.15. The summed E-state index contributed by atoms with van der Waals surface area (Å²) in [6.45, 7) is -0.845. The van der Waals surface area contributed by atoms with Crippen molar-refractivity contribution in [3.8, 4) is 5.75 Å². The van der Waals surface area contributed by atoms with Gasteiger partial charge in [0.1, 0.15) is 23.9 Å². The van der Waals surface area contributed by atoms with Gasteiger partial charge in [0.05, 0.1) is 12.6 Å². The number of para-hydroxylation sites is 1. The number of H-pyrrole nitrogens is 1. The lowest BCUT2D eigenvalue weighted by Crippen LogP contribution is -2.58. The first-order valence-electron chi connectivity index (χ1n) is 12.9. The molecule has 0 saturated heterocycles. The summed E-state index contributed by atoms with van der Waals surface area (Å²) in [5.41, 5.74) is 8.15. The van der Waals surface area contributed by atoms with Crippen LogP contribution in [0.3, 0.4) is 0 Å². The number of hydrogen-bond donors (Lipinski definition) is 8. The largest absolute Gasteiger partial charge is 0.508 e. The number of rotatable bonds is 15. The second-order valence-corrected chi connectivity index (χ2v) is 10.5. The van der Waals surface area contributed by atoms with E-state index in [-0.39, 0.29) is 18.6 Å². The summed E-state index contributed by atoms with van der Waals surface area (Å²) in [5, 5.41) is 36.8. The quantitative estimate of drug-likeness (QED) is 0.123. The summed E-state index contributed by atoms with van der Waals surface area (Å²) in [6.07, 6.45) is 3.99. The molecule has 0 radical (unpaired) electrons. The zero-order chi connectivity index (χ0) is 29.9. The number of carbonyl (C=O) groups excluding carboxylic acids is 3. The highest BCUT2D eigenvalue weighted by Gasteiger charge is 2.31. The van der Waals surface area contributed by atoms with Crippen LogP contribution in [0.2, 0.25) is 0 Å². The first-order chi connectivity index (χ1) is 19.6. The van der Waals surface area contributed by atoms with Crippen molar-refractivity contribution in [2.24, 2.45) is 5.73 Å². The van der Waals surface area contributed by atoms with Crippen LogP contribution in [-0.4, -0.2) is 86.8 Å². The number of nitrogens with one attached hydrogen (secondary N) is 4. The zero-order valence-electron chi connectivity index (χ0n) is 22.5. The fourth-order valence-electron chi connectivity index (χ4n) is 4.19. The van der Waals surface area contributed by atoms with Crippen LogP contribution in [0.15, 0.2) is 54.7 Å². The summed E-state index contributed by atoms with van der Waals surface area (Å²) >= 11 is 1.53. The molecule has 12 nitrogen and oxygen atoms in total. The molecule has 0 aliphatic heterocycles. The van der Waals surface area contributed by atoms with E-state index in [4.69, 9.17) is 5.73 Å². The van der Waals surface area contributed by atoms with Gasteiger partial charge in [0.2, 0.25) is 17.7 Å². The molecule has 3 rings (SSSR count). The number of phenolic OH excluding ortho intramolecular Hbond substituents is 1. The maximum atomic E-state index is 13.6. The van der Waals surface area contributed by atoms with Crippen LogP contribution < -0.4 is 21.7 Å². The molecule has 0 aliphatic carbocycles. The molecule has 0 saturated carbocycles. The molecule has 41 heavy (non-hydrogen) atoms. The van der Waals surface area contributed by atoms with Crippen molar-refractivity contribution in [3.05, 3.63) is 65.9 Å². The maximum absolute atomic E-state index is 13.6. The van der Waals surface area contributed by atoms with Gasteiger partial charge in [-0.25, -0.2) is 4.79 Å². The van der Waals surface area contributed by atoms with Crippen molar-refractivity contribution in [1.29, 1.82) is 0 Å². The fraction of sp³-hybridized carbons (Fsp3) is 0.357. The summed E-state index contributed by atoms with van der Waals surface area (Å²) in [5.74, 6) is -2.82. The van der Waals surface area contributed by atoms with Crippen molar-refractivity contribution >= 4 is 46.4 Å². The Kier molecular flexibility index (Phi) is 11.6. The Morgan fingerprint density at radius 1 is 0.902 bits per heavy atom. The number of aliphatic carboxylic acids is 1. The Morgan fingerprint density at radius 2 is 1.51 bits per heavy atom. The molecule has 220 valence electrons. The molecule has 3 amide bonds. The van der Waals surface area contributed by atoms with Crippen molar-refractivity contribution in [2.45, 2.75) is 43.4 Å². The summed E-state index contributed by atoms with van der Waals surface area (Å²) in [6, 6.07) is 8.63. The van der Waals surface area contributed by atoms with Crippen LogP contribution in [0, 0.1) is 0 Å². The molecule has 13 heteroatoms. The second kappa shape index (κ2) is 15.1. The van der Waals surface area contributed by atoms with Crippen LogP contribution in [-0.2, 0) is 32.0 Å². The van der Waals surface area contributed by atoms with E-state index in [0.29, 0.717) is 23.3 Å². The third kappa shape index (κ3) is 8.96. The third-order valence-electron chi connectivity index (χ3n) is 6.51. The maximum Gasteiger partial charge on any atom is 0.328 e. The van der Waals surface area contributed by atoms with Crippen molar-refractivity contribution in [1.82, 2.24) is 20.9 Å². The molecule has 0 bridgehead atoms. The van der Waals surface area contributed by atoms with Crippen molar-refractivity contribution in [2.75, 3.05) is 18.6 Å². The molecule has 4 atom stereocenters. The topological polar surface area (TPSA) is 207 Å². The number of aliphatic hydroxyl groups excluding tert-OH is 1. The average Bonchev–Trinajstić information content (AvgIpc) is 3.37. The number of aromatic nitrogens is 1. The minimum atomic E-state index is -1.58. The summed E-state index contributed by atoms with van der Waals surface area (Å²) < 4.78 is 0. The smallest absolute Gasteiger partial charge is 0.328 e. The van der Waals surface area contributed by atoms with E-state index in [1.807, 2.05) is 30.5 Å². The van der Waals surface area contributed by atoms with E-state index in [0.717, 1.165) is 10.9 Å². The number of hydrogen-bond acceptors (Lipinski definition) is 8. The molecular formula is C28H35N5O7S. The lowest BCUT2D eigenvalue weighted by atomic mass is 10.0. The van der Waals surface area contributed by atoms with Gasteiger partial charge in [-0.3, -0.25) is 14.4 Å². The highest BCUT2D eigenvalue weighted by Crippen LogP contribution is 2.19. The first kappa shape index (κ1) is 31.5. The van der Waals surface area contributed by atoms with Gasteiger partial charge in [-0.2, -0.15) is 11.8 Å². The summed E-state index contributed by atoms with van der Waals surface area (Å²) in [4.78, 5) is 54.2. The number of aromatic amines is 1. The van der Waals surface area contributed by atoms with Gasteiger partial charge < -0.3 is 42.0 Å². The number of carboxylic acids is 1. The predicted molar refractivity (Wildman–Crippen MR) is 155 cm³/mol. The van der Waals surface area contributed by atoms with Gasteiger partial charge in [-0.1, -0.05) is 30.3 Å². The Morgan fingerprint density at radius 3 is 2.15 bits per heavy atom. The number of benzene rings is 2. The number of fused-ring (bicyclic) bond motifs is 1. The Labute approximate surface area is 241 Å². The van der Waals surface area contributed by atoms with Crippen LogP contribution in [0.4, 0.5) is 0 Å². The van der Waals surface area contributed by atoms with Crippen molar-refractivity contribution in [3.63, 3.8) is 0 Å².